The topological polar surface area (TPSA) is 83.8 Å². The van der Waals surface area contributed by atoms with E-state index in [9.17, 15) is 14.7 Å². The van der Waals surface area contributed by atoms with Crippen LogP contribution < -0.4 is 0 Å². The largest absolute Gasteiger partial charge is 0.478 e. The Labute approximate surface area is 204 Å². The van der Waals surface area contributed by atoms with Gasteiger partial charge in [0.1, 0.15) is 5.78 Å². The fourth-order valence-electron chi connectivity index (χ4n) is 10.2. The van der Waals surface area contributed by atoms with Crippen LogP contribution >= 0.6 is 0 Å². The number of ether oxygens (including phenoxy) is 1. The quantitative estimate of drug-likeness (QED) is 0.523. The van der Waals surface area contributed by atoms with Crippen molar-refractivity contribution in [2.24, 2.45) is 45.8 Å². The molecule has 0 radical (unpaired) electrons. The second-order valence-corrected chi connectivity index (χ2v) is 13.2. The highest BCUT2D eigenvalue weighted by Crippen LogP contribution is 2.77. The van der Waals surface area contributed by atoms with Crippen molar-refractivity contribution in [2.75, 3.05) is 6.61 Å². The first-order valence-corrected chi connectivity index (χ1v) is 13.7. The van der Waals surface area contributed by atoms with Gasteiger partial charge >= 0.3 is 5.97 Å². The molecule has 2 N–H and O–H groups in total. The normalized spacial score (nSPS) is 50.9. The minimum absolute atomic E-state index is 0.0205. The molecule has 0 aromatic heterocycles. The van der Waals surface area contributed by atoms with Gasteiger partial charge in [0.25, 0.3) is 0 Å². The van der Waals surface area contributed by atoms with Crippen molar-refractivity contribution in [1.29, 1.82) is 0 Å². The van der Waals surface area contributed by atoms with E-state index in [2.05, 4.69) is 27.7 Å². The van der Waals surface area contributed by atoms with Crippen molar-refractivity contribution in [1.82, 2.24) is 0 Å². The molecule has 5 heteroatoms. The summed E-state index contributed by atoms with van der Waals surface area (Å²) < 4.78 is 6.64. The Morgan fingerprint density at radius 1 is 1.15 bits per heavy atom. The molecule has 190 valence electrons. The number of aliphatic carboxylic acids is 1. The van der Waals surface area contributed by atoms with E-state index in [1.807, 2.05) is 6.08 Å². The molecule has 2 bridgehead atoms. The van der Waals surface area contributed by atoms with Crippen LogP contribution in [-0.4, -0.2) is 40.3 Å². The minimum atomic E-state index is -0.840. The number of fused-ring (bicyclic) bond motifs is 2. The lowest BCUT2D eigenvalue weighted by Gasteiger charge is -2.64. The molecule has 5 aliphatic rings. The van der Waals surface area contributed by atoms with Gasteiger partial charge < -0.3 is 14.9 Å². The Morgan fingerprint density at radius 2 is 1.88 bits per heavy atom. The highest BCUT2D eigenvalue weighted by atomic mass is 16.5. The molecule has 1 aliphatic heterocycles. The number of carboxylic acids is 1. The van der Waals surface area contributed by atoms with E-state index in [4.69, 9.17) is 9.84 Å². The highest BCUT2D eigenvalue weighted by Gasteiger charge is 2.77. The number of carbonyl (C=O) groups is 2. The second-order valence-electron chi connectivity index (χ2n) is 13.2. The van der Waals surface area contributed by atoms with E-state index in [0.717, 1.165) is 44.9 Å². The number of rotatable bonds is 5. The number of allylic oxidation sites excluding steroid dienone is 1. The summed E-state index contributed by atoms with van der Waals surface area (Å²) >= 11 is 0. The van der Waals surface area contributed by atoms with Crippen LogP contribution in [0.2, 0.25) is 0 Å². The van der Waals surface area contributed by atoms with Gasteiger partial charge in [-0.3, -0.25) is 4.79 Å². The molecule has 0 unspecified atom stereocenters. The van der Waals surface area contributed by atoms with Gasteiger partial charge in [0.15, 0.2) is 0 Å². The third-order valence-electron chi connectivity index (χ3n) is 12.3. The molecule has 0 amide bonds. The Kier molecular flexibility index (Phi) is 5.69. The second kappa shape index (κ2) is 7.90. The number of aliphatic hydroxyl groups excluding tert-OH is 1. The summed E-state index contributed by atoms with van der Waals surface area (Å²) in [6, 6.07) is 0. The zero-order valence-corrected chi connectivity index (χ0v) is 21.7. The minimum Gasteiger partial charge on any atom is -0.478 e. The van der Waals surface area contributed by atoms with E-state index < -0.39 is 5.97 Å². The van der Waals surface area contributed by atoms with E-state index >= 15 is 0 Å². The van der Waals surface area contributed by atoms with Crippen molar-refractivity contribution in [3.05, 3.63) is 11.6 Å². The predicted molar refractivity (Wildman–Crippen MR) is 130 cm³/mol. The van der Waals surface area contributed by atoms with Crippen molar-refractivity contribution in [2.45, 2.75) is 104 Å². The van der Waals surface area contributed by atoms with E-state index in [0.29, 0.717) is 42.1 Å². The molecule has 4 aliphatic carbocycles. The van der Waals surface area contributed by atoms with Crippen LogP contribution in [0, 0.1) is 45.8 Å². The number of Topliss-reactive ketones (excluding diaryl/α,β-unsaturated/α-hetero) is 1. The first-order chi connectivity index (χ1) is 15.9. The van der Waals surface area contributed by atoms with E-state index in [1.54, 1.807) is 6.92 Å². The standard InChI is InChI=1S/C29H44O5/c1-17(7-6-8-18(2)25(32)33)20-11-13-26(4)22-12-14-29-19(3)21(30)9-10-23(29)28(22,16-34-29)24(31)15-27(20,26)5/h8,17,19-23,30H,6-7,9-16H2,1-5H3,(H,32,33)/b18-8+/t17-,19+,20-,21+,22+,23+,26+,27-,28-,29+/m1/s1. The molecule has 0 aromatic rings. The van der Waals surface area contributed by atoms with Crippen molar-refractivity contribution < 1.29 is 24.5 Å². The average Bonchev–Trinajstić information content (AvgIpc) is 3.18. The van der Waals surface area contributed by atoms with Gasteiger partial charge in [-0.15, -0.1) is 0 Å². The van der Waals surface area contributed by atoms with Crippen molar-refractivity contribution in [3.63, 3.8) is 0 Å². The van der Waals surface area contributed by atoms with Gasteiger partial charge in [-0.05, 0) is 86.9 Å². The number of ketones is 1. The van der Waals surface area contributed by atoms with Crippen molar-refractivity contribution >= 4 is 11.8 Å². The predicted octanol–water partition coefficient (Wildman–Crippen LogP) is 5.40. The molecule has 4 saturated carbocycles. The van der Waals surface area contributed by atoms with E-state index in [1.165, 1.54) is 6.42 Å². The summed E-state index contributed by atoms with van der Waals surface area (Å²) in [4.78, 5) is 25.4. The summed E-state index contributed by atoms with van der Waals surface area (Å²) in [5, 5.41) is 19.8. The lowest BCUT2D eigenvalue weighted by molar-refractivity contribution is -0.191. The number of hydrogen-bond acceptors (Lipinski definition) is 4. The molecular formula is C29H44O5. The number of aliphatic hydroxyl groups is 1. The molecule has 0 aromatic carbocycles. The first-order valence-electron chi connectivity index (χ1n) is 13.7. The fourth-order valence-corrected chi connectivity index (χ4v) is 10.2. The molecule has 34 heavy (non-hydrogen) atoms. The van der Waals surface area contributed by atoms with Gasteiger partial charge in [-0.1, -0.05) is 33.8 Å². The van der Waals surface area contributed by atoms with Crippen LogP contribution in [0.4, 0.5) is 0 Å². The van der Waals surface area contributed by atoms with E-state index in [-0.39, 0.29) is 39.8 Å². The molecule has 1 saturated heterocycles. The lowest BCUT2D eigenvalue weighted by atomic mass is 9.37. The first kappa shape index (κ1) is 24.5. The van der Waals surface area contributed by atoms with Gasteiger partial charge in [-0.2, -0.15) is 0 Å². The molecule has 5 fully saturated rings. The van der Waals surface area contributed by atoms with Crippen LogP contribution in [0.15, 0.2) is 11.6 Å². The third kappa shape index (κ3) is 2.92. The number of hydrogen-bond donors (Lipinski definition) is 2. The smallest absolute Gasteiger partial charge is 0.330 e. The Bertz CT molecular complexity index is 910. The summed E-state index contributed by atoms with van der Waals surface area (Å²) in [7, 11) is 0. The Hall–Kier alpha value is -1.20. The summed E-state index contributed by atoms with van der Waals surface area (Å²) in [5.41, 5.74) is -0.157. The Balaban J connectivity index is 1.43. The van der Waals surface area contributed by atoms with Crippen LogP contribution in [0.3, 0.4) is 0 Å². The van der Waals surface area contributed by atoms with Gasteiger partial charge in [0.05, 0.1) is 23.7 Å². The monoisotopic (exact) mass is 472 g/mol. The van der Waals surface area contributed by atoms with Crippen molar-refractivity contribution in [3.8, 4) is 0 Å². The molecule has 10 atom stereocenters. The average molecular weight is 473 g/mol. The van der Waals surface area contributed by atoms with Crippen LogP contribution in [-0.2, 0) is 14.3 Å². The maximum atomic E-state index is 14.3. The van der Waals surface area contributed by atoms with Crippen LogP contribution in [0.5, 0.6) is 0 Å². The maximum Gasteiger partial charge on any atom is 0.330 e. The number of carbonyl (C=O) groups excluding carboxylic acids is 1. The SMILES string of the molecule is C/C(=C\CC[C@@H](C)[C@H]1CC[C@@]2(C)[C@@H]3CC[C@@]45OC[C@]3(C(=O)C[C@]12C)[C@@H]4CC[C@H](O)[C@@H]5C)C(=O)O. The molecular weight excluding hydrogens is 428 g/mol. The van der Waals surface area contributed by atoms with Gasteiger partial charge in [-0.25, -0.2) is 4.79 Å². The summed E-state index contributed by atoms with van der Waals surface area (Å²) in [5.74, 6) is 1.25. The van der Waals surface area contributed by atoms with Crippen LogP contribution in [0.25, 0.3) is 0 Å². The maximum absolute atomic E-state index is 14.3. The van der Waals surface area contributed by atoms with Gasteiger partial charge in [0.2, 0.25) is 0 Å². The Morgan fingerprint density at radius 3 is 2.59 bits per heavy atom. The zero-order chi connectivity index (χ0) is 24.7. The fraction of sp³-hybridized carbons (Fsp3) is 0.862. The lowest BCUT2D eigenvalue weighted by Crippen LogP contribution is -2.67. The third-order valence-corrected chi connectivity index (χ3v) is 12.3. The molecule has 1 heterocycles. The molecule has 1 spiro atoms. The van der Waals surface area contributed by atoms with Crippen LogP contribution in [0.1, 0.15) is 92.4 Å². The number of carboxylic acid groups (broad SMARTS) is 1. The summed E-state index contributed by atoms with van der Waals surface area (Å²) in [6.07, 6.45) is 9.95. The zero-order valence-electron chi connectivity index (χ0n) is 21.7. The summed E-state index contributed by atoms with van der Waals surface area (Å²) in [6.45, 7) is 11.6. The molecule has 5 nitrogen and oxygen atoms in total. The molecule has 5 rings (SSSR count). The van der Waals surface area contributed by atoms with Gasteiger partial charge in [0, 0.05) is 23.8 Å². The highest BCUT2D eigenvalue weighted by molar-refractivity contribution is 5.89.